The van der Waals surface area contributed by atoms with Crippen molar-refractivity contribution in [2.24, 2.45) is 17.8 Å². The second-order valence-corrected chi connectivity index (χ2v) is 7.65. The molecule has 1 aliphatic heterocycles. The van der Waals surface area contributed by atoms with Crippen molar-refractivity contribution >= 4 is 11.7 Å². The molecule has 128 valence electrons. The Morgan fingerprint density at radius 1 is 1.04 bits per heavy atom. The first-order valence-corrected chi connectivity index (χ1v) is 9.02. The van der Waals surface area contributed by atoms with Gasteiger partial charge in [-0.2, -0.15) is 0 Å². The summed E-state index contributed by atoms with van der Waals surface area (Å²) in [5.41, 5.74) is 2.76. The molecule has 5 atom stereocenters. The molecule has 25 heavy (non-hydrogen) atoms. The van der Waals surface area contributed by atoms with Gasteiger partial charge in [0.25, 0.3) is 0 Å². The number of rotatable bonds is 2. The normalized spacial score (nSPS) is 32.0. The lowest BCUT2D eigenvalue weighted by molar-refractivity contribution is 0.0697. The molecule has 0 radical (unpaired) electrons. The maximum Gasteiger partial charge on any atom is 0.337 e. The van der Waals surface area contributed by atoms with Crippen molar-refractivity contribution in [3.8, 4) is 0 Å². The molecule has 2 aromatic rings. The fraction of sp³-hybridized carbons (Fsp3) is 0.381. The summed E-state index contributed by atoms with van der Waals surface area (Å²) in [6.45, 7) is 0. The van der Waals surface area contributed by atoms with Crippen LogP contribution in [0.3, 0.4) is 0 Å². The first-order chi connectivity index (χ1) is 12.1. The molecule has 0 amide bonds. The van der Waals surface area contributed by atoms with Gasteiger partial charge in [0, 0.05) is 5.56 Å². The van der Waals surface area contributed by atoms with Crippen LogP contribution >= 0.6 is 0 Å². The fourth-order valence-corrected chi connectivity index (χ4v) is 5.73. The summed E-state index contributed by atoms with van der Waals surface area (Å²) in [7, 11) is 0. The maximum atomic E-state index is 14.6. The van der Waals surface area contributed by atoms with E-state index in [1.165, 1.54) is 25.3 Å². The van der Waals surface area contributed by atoms with Crippen LogP contribution in [0.15, 0.2) is 42.5 Å². The number of fused-ring (bicyclic) bond motifs is 7. The van der Waals surface area contributed by atoms with Crippen LogP contribution in [0, 0.1) is 23.6 Å². The number of halogens is 1. The average molecular weight is 337 g/mol. The van der Waals surface area contributed by atoms with Gasteiger partial charge in [-0.05, 0) is 60.6 Å². The lowest BCUT2D eigenvalue weighted by Crippen LogP contribution is -2.36. The smallest absolute Gasteiger partial charge is 0.337 e. The van der Waals surface area contributed by atoms with E-state index in [9.17, 15) is 14.3 Å². The third-order valence-corrected chi connectivity index (χ3v) is 6.59. The number of carboxylic acid groups (broad SMARTS) is 1. The summed E-state index contributed by atoms with van der Waals surface area (Å²) in [5.74, 6) is 0.713. The molecule has 0 spiro atoms. The summed E-state index contributed by atoms with van der Waals surface area (Å²) in [5, 5.41) is 13.1. The molecule has 2 saturated carbocycles. The van der Waals surface area contributed by atoms with Crippen LogP contribution in [0.2, 0.25) is 0 Å². The minimum Gasteiger partial charge on any atom is -0.478 e. The second kappa shape index (κ2) is 5.32. The van der Waals surface area contributed by atoms with Crippen molar-refractivity contribution in [2.45, 2.75) is 31.2 Å². The highest BCUT2D eigenvalue weighted by Gasteiger charge is 2.54. The molecule has 2 aliphatic carbocycles. The van der Waals surface area contributed by atoms with Crippen LogP contribution in [0.4, 0.5) is 10.1 Å². The molecular weight excluding hydrogens is 317 g/mol. The van der Waals surface area contributed by atoms with Gasteiger partial charge in [0.05, 0.1) is 17.3 Å². The highest BCUT2D eigenvalue weighted by molar-refractivity contribution is 5.95. The number of carboxylic acids is 1. The van der Waals surface area contributed by atoms with E-state index in [2.05, 4.69) is 11.4 Å². The molecule has 1 heterocycles. The molecule has 3 nitrogen and oxygen atoms in total. The summed E-state index contributed by atoms with van der Waals surface area (Å²) in [6.07, 6.45) is 3.58. The van der Waals surface area contributed by atoms with E-state index < -0.39 is 5.97 Å². The van der Waals surface area contributed by atoms with Gasteiger partial charge in [-0.15, -0.1) is 0 Å². The summed E-state index contributed by atoms with van der Waals surface area (Å²) in [6, 6.07) is 12.3. The van der Waals surface area contributed by atoms with Crippen LogP contribution in [0.5, 0.6) is 0 Å². The van der Waals surface area contributed by atoms with Crippen molar-refractivity contribution in [3.05, 3.63) is 65.0 Å². The summed E-state index contributed by atoms with van der Waals surface area (Å²) < 4.78 is 14.6. The SMILES string of the molecule is O=C(O)c1cccc2c1N[C@H](c1ccccc1F)[C@H]1[C@@H]3CC[C@@H](C3)[C@@H]21. The highest BCUT2D eigenvalue weighted by atomic mass is 19.1. The Bertz CT molecular complexity index is 865. The number of carbonyl (C=O) groups is 1. The van der Waals surface area contributed by atoms with Crippen molar-refractivity contribution < 1.29 is 14.3 Å². The molecule has 5 rings (SSSR count). The number of anilines is 1. The van der Waals surface area contributed by atoms with Gasteiger partial charge in [0.2, 0.25) is 0 Å². The van der Waals surface area contributed by atoms with Crippen molar-refractivity contribution in [3.63, 3.8) is 0 Å². The highest BCUT2D eigenvalue weighted by Crippen LogP contribution is 2.64. The van der Waals surface area contributed by atoms with Crippen LogP contribution in [0.1, 0.15) is 52.7 Å². The predicted octanol–water partition coefficient (Wildman–Crippen LogP) is 4.82. The second-order valence-electron chi connectivity index (χ2n) is 7.65. The quantitative estimate of drug-likeness (QED) is 0.826. The lowest BCUT2D eigenvalue weighted by atomic mass is 9.67. The Labute approximate surface area is 145 Å². The molecular formula is C21H20FNO2. The molecule has 0 unspecified atom stereocenters. The Balaban J connectivity index is 1.70. The third kappa shape index (κ3) is 2.06. The minimum absolute atomic E-state index is 0.158. The molecule has 2 bridgehead atoms. The van der Waals surface area contributed by atoms with Gasteiger partial charge < -0.3 is 10.4 Å². The fourth-order valence-electron chi connectivity index (χ4n) is 5.73. The van der Waals surface area contributed by atoms with Gasteiger partial charge in [-0.3, -0.25) is 0 Å². The van der Waals surface area contributed by atoms with Gasteiger partial charge in [0.1, 0.15) is 5.82 Å². The topological polar surface area (TPSA) is 49.3 Å². The Morgan fingerprint density at radius 3 is 2.60 bits per heavy atom. The standard InChI is InChI=1S/C21H20FNO2/c22-16-7-2-1-4-13(16)20-18-12-9-8-11(10-12)17(18)14-5-3-6-15(21(24)25)19(14)23-20/h1-7,11-12,17-18,20,23H,8-10H2,(H,24,25)/t11-,12+,17-,18-,20+/m0/s1. The molecule has 4 heteroatoms. The predicted molar refractivity (Wildman–Crippen MR) is 93.2 cm³/mol. The Morgan fingerprint density at radius 2 is 1.80 bits per heavy atom. The monoisotopic (exact) mass is 337 g/mol. The van der Waals surface area contributed by atoms with Gasteiger partial charge >= 0.3 is 5.97 Å². The number of aromatic carboxylic acids is 1. The van der Waals surface area contributed by atoms with E-state index in [1.54, 1.807) is 12.1 Å². The first kappa shape index (κ1) is 14.9. The number of hydrogen-bond acceptors (Lipinski definition) is 2. The number of hydrogen-bond donors (Lipinski definition) is 2. The van der Waals surface area contributed by atoms with Crippen LogP contribution in [-0.2, 0) is 0 Å². The zero-order valence-electron chi connectivity index (χ0n) is 13.8. The molecule has 0 saturated heterocycles. The zero-order chi connectivity index (χ0) is 17.1. The van der Waals surface area contributed by atoms with Gasteiger partial charge in [0.15, 0.2) is 0 Å². The van der Waals surface area contributed by atoms with Crippen LogP contribution in [0.25, 0.3) is 0 Å². The van der Waals surface area contributed by atoms with Gasteiger partial charge in [-0.25, -0.2) is 9.18 Å². The van der Waals surface area contributed by atoms with Crippen molar-refractivity contribution in [1.29, 1.82) is 0 Å². The largest absolute Gasteiger partial charge is 0.478 e. The van der Waals surface area contributed by atoms with E-state index in [0.29, 0.717) is 40.5 Å². The van der Waals surface area contributed by atoms with E-state index in [1.807, 2.05) is 18.2 Å². The van der Waals surface area contributed by atoms with Gasteiger partial charge in [-0.1, -0.05) is 30.3 Å². The molecule has 3 aliphatic rings. The van der Waals surface area contributed by atoms with Crippen molar-refractivity contribution in [1.82, 2.24) is 0 Å². The Kier molecular flexibility index (Phi) is 3.18. The van der Waals surface area contributed by atoms with E-state index >= 15 is 0 Å². The van der Waals surface area contributed by atoms with Crippen molar-refractivity contribution in [2.75, 3.05) is 5.32 Å². The number of nitrogens with one attached hydrogen (secondary N) is 1. The third-order valence-electron chi connectivity index (χ3n) is 6.59. The van der Waals surface area contributed by atoms with E-state index in [4.69, 9.17) is 0 Å². The summed E-state index contributed by atoms with van der Waals surface area (Å²) >= 11 is 0. The first-order valence-electron chi connectivity index (χ1n) is 9.02. The van der Waals surface area contributed by atoms with E-state index in [0.717, 1.165) is 5.56 Å². The molecule has 2 aromatic carbocycles. The van der Waals surface area contributed by atoms with Crippen LogP contribution < -0.4 is 5.32 Å². The number of benzene rings is 2. The summed E-state index contributed by atoms with van der Waals surface area (Å²) in [4.78, 5) is 11.7. The maximum absolute atomic E-state index is 14.6. The lowest BCUT2D eigenvalue weighted by Gasteiger charge is -2.44. The molecule has 2 fully saturated rings. The molecule has 2 N–H and O–H groups in total. The minimum atomic E-state index is -0.932. The average Bonchev–Trinajstić information content (AvgIpc) is 3.23. The Hall–Kier alpha value is -2.36. The van der Waals surface area contributed by atoms with Crippen LogP contribution in [-0.4, -0.2) is 11.1 Å². The zero-order valence-corrected chi connectivity index (χ0v) is 13.8. The number of para-hydroxylation sites is 1. The van der Waals surface area contributed by atoms with E-state index in [-0.39, 0.29) is 11.9 Å². The molecule has 0 aromatic heterocycles.